The number of amides is 2. The maximum absolute atomic E-state index is 13.1. The van der Waals surface area contributed by atoms with Gasteiger partial charge in [-0.25, -0.2) is 4.79 Å². The van der Waals surface area contributed by atoms with Crippen LogP contribution in [0.3, 0.4) is 0 Å². The number of carbonyl (C=O) groups is 3. The summed E-state index contributed by atoms with van der Waals surface area (Å²) in [6.45, 7) is 4.04. The number of aliphatic carboxylic acids is 1. The van der Waals surface area contributed by atoms with Gasteiger partial charge >= 0.3 is 5.97 Å². The first-order valence-corrected chi connectivity index (χ1v) is 11.2. The van der Waals surface area contributed by atoms with Crippen molar-refractivity contribution in [3.63, 3.8) is 0 Å². The number of fused-ring (bicyclic) bond motifs is 1. The number of carboxylic acid groups (broad SMARTS) is 1. The standard InChI is InChI=1S/C21H19N3O5S2/c1-12(13-5-7-22-8-6-13)15-11-31-20-21(29-2,19(28)24(20)17(15)18(26)27)23-16(25)10-14-4-3-9-30-14/h3-9,20H,1,10-11H2,2H3,(H,23,25)(H,26,27)/t20-,21+/m1/s1. The van der Waals surface area contributed by atoms with Gasteiger partial charge in [-0.15, -0.1) is 23.1 Å². The van der Waals surface area contributed by atoms with Crippen molar-refractivity contribution < 1.29 is 24.2 Å². The van der Waals surface area contributed by atoms with E-state index in [-0.39, 0.29) is 18.0 Å². The monoisotopic (exact) mass is 457 g/mol. The zero-order chi connectivity index (χ0) is 22.2. The Morgan fingerprint density at radius 3 is 2.74 bits per heavy atom. The first-order valence-electron chi connectivity index (χ1n) is 9.29. The fraction of sp³-hybridized carbons (Fsp3) is 0.238. The fourth-order valence-corrected chi connectivity index (χ4v) is 5.84. The number of carboxylic acids is 1. The number of hydrogen-bond acceptors (Lipinski definition) is 7. The Hall–Kier alpha value is -2.95. The minimum atomic E-state index is -1.61. The Morgan fingerprint density at radius 1 is 1.39 bits per heavy atom. The van der Waals surface area contributed by atoms with Gasteiger partial charge in [-0.3, -0.25) is 19.5 Å². The van der Waals surface area contributed by atoms with E-state index >= 15 is 0 Å². The van der Waals surface area contributed by atoms with Gasteiger partial charge in [0.25, 0.3) is 11.6 Å². The van der Waals surface area contributed by atoms with Crippen LogP contribution in [0.1, 0.15) is 10.4 Å². The second-order valence-corrected chi connectivity index (χ2v) is 9.03. The Morgan fingerprint density at radius 2 is 2.13 bits per heavy atom. The molecule has 8 nitrogen and oxygen atoms in total. The van der Waals surface area contributed by atoms with Gasteiger partial charge in [0.2, 0.25) is 5.91 Å². The van der Waals surface area contributed by atoms with E-state index in [9.17, 15) is 19.5 Å². The molecule has 160 valence electrons. The zero-order valence-corrected chi connectivity index (χ0v) is 18.2. The van der Waals surface area contributed by atoms with E-state index in [1.165, 1.54) is 35.1 Å². The molecule has 4 rings (SSSR count). The number of methoxy groups -OCH3 is 1. The Balaban J connectivity index is 1.62. The van der Waals surface area contributed by atoms with Crippen LogP contribution in [0.2, 0.25) is 0 Å². The van der Waals surface area contributed by atoms with Crippen LogP contribution in [-0.2, 0) is 25.5 Å². The first-order chi connectivity index (χ1) is 14.9. The lowest BCUT2D eigenvalue weighted by Gasteiger charge is -2.55. The molecule has 0 unspecified atom stereocenters. The summed E-state index contributed by atoms with van der Waals surface area (Å²) in [5.74, 6) is -1.93. The van der Waals surface area contributed by atoms with Gasteiger partial charge in [0.15, 0.2) is 0 Å². The number of pyridine rings is 1. The molecular weight excluding hydrogens is 438 g/mol. The molecule has 0 radical (unpaired) electrons. The molecule has 4 heterocycles. The maximum Gasteiger partial charge on any atom is 0.352 e. The minimum absolute atomic E-state index is 0.110. The van der Waals surface area contributed by atoms with Crippen molar-refractivity contribution in [3.8, 4) is 0 Å². The van der Waals surface area contributed by atoms with Crippen LogP contribution in [0.25, 0.3) is 5.57 Å². The molecule has 2 aromatic heterocycles. The number of nitrogens with one attached hydrogen (secondary N) is 1. The summed E-state index contributed by atoms with van der Waals surface area (Å²) in [6.07, 6.45) is 3.29. The van der Waals surface area contributed by atoms with Crippen LogP contribution >= 0.6 is 23.1 Å². The van der Waals surface area contributed by atoms with Gasteiger partial charge < -0.3 is 15.2 Å². The minimum Gasteiger partial charge on any atom is -0.477 e. The van der Waals surface area contributed by atoms with Crippen LogP contribution in [0.4, 0.5) is 0 Å². The fourth-order valence-electron chi connectivity index (χ4n) is 3.66. The van der Waals surface area contributed by atoms with Crippen LogP contribution in [0, 0.1) is 0 Å². The summed E-state index contributed by atoms with van der Waals surface area (Å²) in [5.41, 5.74) is -0.0737. The maximum atomic E-state index is 13.1. The normalized spacial score (nSPS) is 22.5. The second-order valence-electron chi connectivity index (χ2n) is 6.93. The Bertz CT molecular complexity index is 1080. The van der Waals surface area contributed by atoms with E-state index < -0.39 is 23.0 Å². The topological polar surface area (TPSA) is 109 Å². The summed E-state index contributed by atoms with van der Waals surface area (Å²) in [7, 11) is 1.33. The number of hydrogen-bond donors (Lipinski definition) is 2. The molecule has 0 saturated carbocycles. The highest BCUT2D eigenvalue weighted by Gasteiger charge is 2.66. The van der Waals surface area contributed by atoms with E-state index in [0.717, 1.165) is 10.4 Å². The molecule has 1 saturated heterocycles. The molecule has 2 aliphatic heterocycles. The number of ether oxygens (including phenoxy) is 1. The van der Waals surface area contributed by atoms with Gasteiger partial charge in [0.1, 0.15) is 11.1 Å². The number of aromatic nitrogens is 1. The van der Waals surface area contributed by atoms with Crippen molar-refractivity contribution in [2.75, 3.05) is 12.9 Å². The quantitative estimate of drug-likeness (QED) is 0.484. The molecule has 2 N–H and O–H groups in total. The number of carbonyl (C=O) groups excluding carboxylic acids is 2. The lowest BCUT2D eigenvalue weighted by molar-refractivity contribution is -0.192. The zero-order valence-electron chi connectivity index (χ0n) is 16.5. The summed E-state index contributed by atoms with van der Waals surface area (Å²) in [4.78, 5) is 43.8. The predicted molar refractivity (Wildman–Crippen MR) is 117 cm³/mol. The van der Waals surface area contributed by atoms with Gasteiger partial charge in [-0.05, 0) is 34.7 Å². The highest BCUT2D eigenvalue weighted by atomic mass is 32.2. The molecule has 10 heteroatoms. The molecule has 31 heavy (non-hydrogen) atoms. The van der Waals surface area contributed by atoms with Crippen molar-refractivity contribution >= 4 is 46.5 Å². The number of thioether (sulfide) groups is 1. The Labute approximate surface area is 186 Å². The van der Waals surface area contributed by atoms with Crippen molar-refractivity contribution in [1.82, 2.24) is 15.2 Å². The second kappa shape index (κ2) is 8.29. The molecule has 0 aromatic carbocycles. The average molecular weight is 458 g/mol. The third-order valence-corrected chi connectivity index (χ3v) is 7.38. The summed E-state index contributed by atoms with van der Waals surface area (Å²) in [6, 6.07) is 7.13. The predicted octanol–water partition coefficient (Wildman–Crippen LogP) is 2.11. The van der Waals surface area contributed by atoms with E-state index in [2.05, 4.69) is 16.9 Å². The van der Waals surface area contributed by atoms with Crippen LogP contribution in [0.5, 0.6) is 0 Å². The Kier molecular flexibility index (Phi) is 5.69. The average Bonchev–Trinajstić information content (AvgIpc) is 3.29. The number of thiophene rings is 1. The number of rotatable bonds is 7. The molecule has 0 bridgehead atoms. The number of allylic oxidation sites excluding steroid dienone is 1. The summed E-state index contributed by atoms with van der Waals surface area (Å²) >= 11 is 2.76. The molecule has 0 spiro atoms. The molecule has 0 aliphatic carbocycles. The highest BCUT2D eigenvalue weighted by molar-refractivity contribution is 8.00. The van der Waals surface area contributed by atoms with E-state index in [0.29, 0.717) is 16.9 Å². The van der Waals surface area contributed by atoms with Crippen LogP contribution < -0.4 is 5.32 Å². The summed E-state index contributed by atoms with van der Waals surface area (Å²) < 4.78 is 5.47. The van der Waals surface area contributed by atoms with Gasteiger partial charge in [-0.2, -0.15) is 0 Å². The molecular formula is C21H19N3O5S2. The van der Waals surface area contributed by atoms with Crippen molar-refractivity contribution in [2.24, 2.45) is 0 Å². The lowest BCUT2D eigenvalue weighted by Crippen LogP contribution is -2.80. The van der Waals surface area contributed by atoms with Gasteiger partial charge in [-0.1, -0.05) is 12.6 Å². The molecule has 2 amide bonds. The van der Waals surface area contributed by atoms with Gasteiger partial charge in [0.05, 0.1) is 6.42 Å². The first kappa shape index (κ1) is 21.3. The SMILES string of the molecule is C=C(C1=C(C(=O)O)N2C(=O)[C@](NC(=O)Cc3cccs3)(OC)[C@H]2SC1)c1ccncc1. The molecule has 2 aromatic rings. The van der Waals surface area contributed by atoms with Crippen LogP contribution in [0.15, 0.2) is 59.9 Å². The van der Waals surface area contributed by atoms with E-state index in [1.807, 2.05) is 17.5 Å². The smallest absolute Gasteiger partial charge is 0.352 e. The van der Waals surface area contributed by atoms with Gasteiger partial charge in [0, 0.05) is 35.7 Å². The van der Waals surface area contributed by atoms with Crippen molar-refractivity contribution in [2.45, 2.75) is 17.5 Å². The van der Waals surface area contributed by atoms with E-state index in [4.69, 9.17) is 4.74 Å². The largest absolute Gasteiger partial charge is 0.477 e. The molecule has 1 fully saturated rings. The number of β-lactam (4-membered cyclic amide) rings is 1. The highest BCUT2D eigenvalue weighted by Crippen LogP contribution is 2.48. The van der Waals surface area contributed by atoms with Crippen molar-refractivity contribution in [3.05, 3.63) is 70.3 Å². The third-order valence-electron chi connectivity index (χ3n) is 5.19. The molecule has 2 aliphatic rings. The lowest BCUT2D eigenvalue weighted by atomic mass is 9.94. The van der Waals surface area contributed by atoms with Crippen LogP contribution in [-0.4, -0.2) is 56.7 Å². The molecule has 2 atom stereocenters. The summed E-state index contributed by atoms with van der Waals surface area (Å²) in [5, 5.41) is 13.8. The number of nitrogens with zero attached hydrogens (tertiary/aromatic N) is 2. The van der Waals surface area contributed by atoms with Crippen molar-refractivity contribution in [1.29, 1.82) is 0 Å². The third kappa shape index (κ3) is 3.56. The van der Waals surface area contributed by atoms with E-state index in [1.54, 1.807) is 24.5 Å².